The molecule has 0 radical (unpaired) electrons. The third kappa shape index (κ3) is 4.48. The summed E-state index contributed by atoms with van der Waals surface area (Å²) < 4.78 is 23.3. The Morgan fingerprint density at radius 1 is 0.525 bits per heavy atom. The molecule has 0 N–H and O–H groups in total. The van der Waals surface area contributed by atoms with Gasteiger partial charge in [0.05, 0.1) is 21.0 Å². The van der Waals surface area contributed by atoms with Crippen LogP contribution in [0.15, 0.2) is 176 Å². The molecule has 0 unspecified atom stereocenters. The van der Waals surface area contributed by atoms with Gasteiger partial charge < -0.3 is 22.9 Å². The minimum atomic E-state index is -0.241. The average molecular weight is 803 g/mol. The van der Waals surface area contributed by atoms with Crippen molar-refractivity contribution < 1.29 is 13.6 Å². The quantitative estimate of drug-likeness (QED) is 0.163. The van der Waals surface area contributed by atoms with E-state index in [1.165, 1.54) is 22.2 Å². The van der Waals surface area contributed by atoms with Crippen molar-refractivity contribution in [1.82, 2.24) is 4.48 Å². The maximum atomic E-state index is 7.02. The minimum absolute atomic E-state index is 0.0521. The van der Waals surface area contributed by atoms with Gasteiger partial charge in [0, 0.05) is 55.1 Å². The van der Waals surface area contributed by atoms with Gasteiger partial charge in [0.25, 0.3) is 0 Å². The minimum Gasteiger partial charge on any atom is -0.455 e. The number of benzene rings is 8. The summed E-state index contributed by atoms with van der Waals surface area (Å²) in [6.07, 6.45) is 0. The Bertz CT molecular complexity index is 3720. The number of aromatic nitrogens is 1. The number of furan rings is 2. The van der Waals surface area contributed by atoms with Crippen LogP contribution in [0.1, 0.15) is 26.3 Å². The van der Waals surface area contributed by atoms with Gasteiger partial charge in [-0.1, -0.05) is 124 Å². The van der Waals surface area contributed by atoms with Crippen LogP contribution in [0.5, 0.6) is 11.5 Å². The van der Waals surface area contributed by atoms with Crippen molar-refractivity contribution in [3.63, 3.8) is 0 Å². The van der Waals surface area contributed by atoms with E-state index in [2.05, 4.69) is 182 Å². The molecule has 3 aliphatic rings. The zero-order valence-electron chi connectivity index (χ0n) is 33.6. The van der Waals surface area contributed by atoms with Crippen LogP contribution in [0, 0.1) is 0 Å². The fourth-order valence-electron chi connectivity index (χ4n) is 10.5. The van der Waals surface area contributed by atoms with Gasteiger partial charge >= 0.3 is 6.85 Å². The molecule has 288 valence electrons. The molecule has 61 heavy (non-hydrogen) atoms. The highest BCUT2D eigenvalue weighted by atomic mass is 32.2. The highest BCUT2D eigenvalue weighted by molar-refractivity contribution is 7.99. The first-order valence-corrected chi connectivity index (χ1v) is 21.8. The number of anilines is 3. The van der Waals surface area contributed by atoms with Gasteiger partial charge in [-0.05, 0) is 94.2 Å². The van der Waals surface area contributed by atoms with Gasteiger partial charge in [0.15, 0.2) is 5.58 Å². The van der Waals surface area contributed by atoms with Crippen LogP contribution in [0.2, 0.25) is 0 Å². The summed E-state index contributed by atoms with van der Waals surface area (Å²) in [6.45, 7) is 6.64. The van der Waals surface area contributed by atoms with E-state index in [9.17, 15) is 0 Å². The van der Waals surface area contributed by atoms with Crippen molar-refractivity contribution in [1.29, 1.82) is 0 Å². The van der Waals surface area contributed by atoms with Crippen molar-refractivity contribution in [2.45, 2.75) is 36.0 Å². The van der Waals surface area contributed by atoms with Gasteiger partial charge in [-0.15, -0.1) is 0 Å². The second kappa shape index (κ2) is 11.8. The normalized spacial score (nSPS) is 13.8. The zero-order chi connectivity index (χ0) is 40.3. The smallest absolute Gasteiger partial charge is 0.333 e. The SMILES string of the molecule is CC(C)(C)c1ccc(N2c3cc4c(cc3B3c5c2cc2c(oc6ccccc62)c5-c2cccc5c6oc7ccccc7c6n3c25)Oc2ccccc2S4)c(-c2ccccc2)c1. The lowest BCUT2D eigenvalue weighted by molar-refractivity contribution is 0.455. The molecule has 0 amide bonds. The lowest BCUT2D eigenvalue weighted by atomic mass is 9.45. The van der Waals surface area contributed by atoms with Crippen LogP contribution >= 0.6 is 11.8 Å². The Kier molecular flexibility index (Phi) is 6.52. The summed E-state index contributed by atoms with van der Waals surface area (Å²) in [5, 5.41) is 4.39. The molecule has 0 saturated carbocycles. The Morgan fingerprint density at radius 3 is 2.11 bits per heavy atom. The van der Waals surface area contributed by atoms with Gasteiger partial charge in [0.1, 0.15) is 28.2 Å². The zero-order valence-corrected chi connectivity index (χ0v) is 34.4. The average Bonchev–Trinajstić information content (AvgIpc) is 3.96. The maximum Gasteiger partial charge on any atom is 0.333 e. The van der Waals surface area contributed by atoms with Gasteiger partial charge in [0.2, 0.25) is 0 Å². The Labute approximate surface area is 355 Å². The largest absolute Gasteiger partial charge is 0.455 e. The fraction of sp³-hybridized carbons (Fsp3) is 0.0741. The molecule has 0 aliphatic carbocycles. The molecule has 3 aliphatic heterocycles. The van der Waals surface area contributed by atoms with Crippen LogP contribution in [0.3, 0.4) is 0 Å². The van der Waals surface area contributed by atoms with E-state index >= 15 is 0 Å². The molecule has 11 aromatic rings. The highest BCUT2D eigenvalue weighted by Gasteiger charge is 2.46. The highest BCUT2D eigenvalue weighted by Crippen LogP contribution is 2.54. The summed E-state index contributed by atoms with van der Waals surface area (Å²) in [6, 6.07) is 57.0. The standard InChI is InChI=1S/C54H35BN2O3S/c1-54(2,3)31-24-25-39(36(26-31)30-14-5-4-6-15-30)56-40-29-47-45(58-44-22-11-12-23-46(44)61-47)28-38(40)55-49-41(56)27-37-32-16-7-9-20-42(32)59-52(37)48(49)34-18-13-19-35-50(34)57(55)51-33-17-8-10-21-43(33)60-53(35)51/h4-29H,1-3H3. The maximum absolute atomic E-state index is 7.02. The number of hydrogen-bond acceptors (Lipinski definition) is 5. The molecule has 0 spiro atoms. The number of nitrogens with zero attached hydrogens (tertiary/aromatic N) is 2. The van der Waals surface area contributed by atoms with Gasteiger partial charge in [-0.3, -0.25) is 0 Å². The van der Waals surface area contributed by atoms with Crippen LogP contribution in [0.4, 0.5) is 17.1 Å². The van der Waals surface area contributed by atoms with Crippen molar-refractivity contribution in [3.05, 3.63) is 163 Å². The summed E-state index contributed by atoms with van der Waals surface area (Å²) in [7, 11) is 0. The summed E-state index contributed by atoms with van der Waals surface area (Å²) >= 11 is 1.77. The summed E-state index contributed by atoms with van der Waals surface area (Å²) in [5.41, 5.74) is 17.4. The third-order valence-electron chi connectivity index (χ3n) is 13.2. The van der Waals surface area contributed by atoms with Crippen molar-refractivity contribution in [2.75, 3.05) is 4.90 Å². The van der Waals surface area contributed by atoms with E-state index in [4.69, 9.17) is 13.6 Å². The molecule has 0 fully saturated rings. The predicted molar refractivity (Wildman–Crippen MR) is 252 cm³/mol. The second-order valence-electron chi connectivity index (χ2n) is 17.6. The van der Waals surface area contributed by atoms with Gasteiger partial charge in [-0.25, -0.2) is 0 Å². The molecule has 7 heteroatoms. The lowest BCUT2D eigenvalue weighted by Gasteiger charge is -2.41. The molecule has 6 heterocycles. The topological polar surface area (TPSA) is 43.7 Å². The molecule has 14 rings (SSSR count). The first-order chi connectivity index (χ1) is 29.9. The van der Waals surface area contributed by atoms with E-state index in [1.54, 1.807) is 11.8 Å². The fourth-order valence-corrected chi connectivity index (χ4v) is 11.4. The number of ether oxygens (including phenoxy) is 1. The Morgan fingerprint density at radius 2 is 1.26 bits per heavy atom. The van der Waals surface area contributed by atoms with E-state index in [1.807, 2.05) is 6.07 Å². The molecular formula is C54H35BN2O3S. The first-order valence-electron chi connectivity index (χ1n) is 20.9. The van der Waals surface area contributed by atoms with Crippen molar-refractivity contribution in [3.8, 4) is 33.8 Å². The van der Waals surface area contributed by atoms with E-state index in [0.717, 1.165) is 110 Å². The van der Waals surface area contributed by atoms with Crippen LogP contribution in [-0.4, -0.2) is 11.3 Å². The number of para-hydroxylation sites is 4. The second-order valence-corrected chi connectivity index (χ2v) is 18.7. The van der Waals surface area contributed by atoms with Crippen molar-refractivity contribution in [2.24, 2.45) is 0 Å². The van der Waals surface area contributed by atoms with E-state index < -0.39 is 0 Å². The molecule has 0 bridgehead atoms. The Balaban J connectivity index is 1.18. The van der Waals surface area contributed by atoms with Crippen LogP contribution in [0.25, 0.3) is 77.2 Å². The molecule has 0 atom stereocenters. The van der Waals surface area contributed by atoms with E-state index in [-0.39, 0.29) is 12.3 Å². The molecule has 3 aromatic heterocycles. The monoisotopic (exact) mass is 802 g/mol. The van der Waals surface area contributed by atoms with Crippen LogP contribution in [-0.2, 0) is 5.41 Å². The third-order valence-corrected chi connectivity index (χ3v) is 14.3. The summed E-state index contributed by atoms with van der Waals surface area (Å²) in [5.74, 6) is 1.74. The first kappa shape index (κ1) is 33.7. The molecule has 5 nitrogen and oxygen atoms in total. The summed E-state index contributed by atoms with van der Waals surface area (Å²) in [4.78, 5) is 4.74. The predicted octanol–water partition coefficient (Wildman–Crippen LogP) is 14.1. The molecular weight excluding hydrogens is 767 g/mol. The van der Waals surface area contributed by atoms with Gasteiger partial charge in [-0.2, -0.15) is 0 Å². The Hall–Kier alpha value is -7.09. The van der Waals surface area contributed by atoms with Crippen LogP contribution < -0.4 is 20.6 Å². The number of fused-ring (bicyclic) bond motifs is 15. The van der Waals surface area contributed by atoms with E-state index in [0.29, 0.717) is 0 Å². The number of hydrogen-bond donors (Lipinski definition) is 0. The molecule has 0 saturated heterocycles. The molecule has 8 aromatic carbocycles. The lowest BCUT2D eigenvalue weighted by Crippen LogP contribution is -2.56. The number of rotatable bonds is 2. The van der Waals surface area contributed by atoms with Crippen molar-refractivity contribution >= 4 is 102 Å².